The van der Waals surface area contributed by atoms with Crippen molar-refractivity contribution in [1.82, 2.24) is 10.2 Å². The van der Waals surface area contributed by atoms with Crippen LogP contribution in [-0.2, 0) is 16.1 Å². The van der Waals surface area contributed by atoms with Gasteiger partial charge in [0.2, 0.25) is 11.8 Å². The number of amides is 2. The van der Waals surface area contributed by atoms with Crippen molar-refractivity contribution in [3.63, 3.8) is 0 Å². The van der Waals surface area contributed by atoms with Gasteiger partial charge in [-0.25, -0.2) is 0 Å². The molecule has 1 aliphatic heterocycles. The number of hydrogen-bond donors (Lipinski definition) is 1. The smallest absolute Gasteiger partial charge is 0.243 e. The first kappa shape index (κ1) is 14.9. The number of nitrogens with zero attached hydrogens (tertiary/aromatic N) is 1. The molecule has 20 heavy (non-hydrogen) atoms. The molecular weight excluding hydrogens is 276 g/mol. The van der Waals surface area contributed by atoms with Crippen LogP contribution in [-0.4, -0.2) is 28.8 Å². The van der Waals surface area contributed by atoms with Crippen LogP contribution in [0.25, 0.3) is 0 Å². The lowest BCUT2D eigenvalue weighted by Crippen LogP contribution is -2.46. The fourth-order valence-electron chi connectivity index (χ4n) is 2.37. The Kier molecular flexibility index (Phi) is 4.65. The first-order valence-electron chi connectivity index (χ1n) is 6.81. The minimum atomic E-state index is -0.361. The number of rotatable bonds is 4. The molecule has 4 nitrogen and oxygen atoms in total. The summed E-state index contributed by atoms with van der Waals surface area (Å²) in [6.07, 6.45) is 1.02. The van der Waals surface area contributed by atoms with E-state index in [-0.39, 0.29) is 23.9 Å². The first-order valence-corrected chi connectivity index (χ1v) is 7.19. The fourth-order valence-corrected chi connectivity index (χ4v) is 2.50. The van der Waals surface area contributed by atoms with Crippen molar-refractivity contribution in [3.8, 4) is 0 Å². The van der Waals surface area contributed by atoms with Crippen LogP contribution >= 0.6 is 11.6 Å². The molecule has 0 bridgehead atoms. The molecule has 1 atom stereocenters. The first-order chi connectivity index (χ1) is 9.47. The minimum absolute atomic E-state index is 0.0313. The molecule has 0 radical (unpaired) electrons. The minimum Gasteiger partial charge on any atom is -0.352 e. The Morgan fingerprint density at radius 2 is 2.05 bits per heavy atom. The van der Waals surface area contributed by atoms with Crippen LogP contribution in [0.15, 0.2) is 24.3 Å². The standard InChI is InChI=1S/C15H19ClN2O2/c1-10(2)17-15(20)13-7-8-14(19)18(13)9-11-3-5-12(16)6-4-11/h3-6,10,13H,7-9H2,1-2H3,(H,17,20)/t13-/m0/s1. The van der Waals surface area contributed by atoms with Gasteiger partial charge in [0.05, 0.1) is 0 Å². The summed E-state index contributed by atoms with van der Waals surface area (Å²) < 4.78 is 0. The summed E-state index contributed by atoms with van der Waals surface area (Å²) in [5, 5.41) is 3.54. The van der Waals surface area contributed by atoms with Crippen LogP contribution in [0.3, 0.4) is 0 Å². The van der Waals surface area contributed by atoms with Gasteiger partial charge in [-0.05, 0) is 38.0 Å². The molecule has 1 N–H and O–H groups in total. The quantitative estimate of drug-likeness (QED) is 0.927. The van der Waals surface area contributed by atoms with Crippen molar-refractivity contribution in [1.29, 1.82) is 0 Å². The molecule has 1 heterocycles. The highest BCUT2D eigenvalue weighted by molar-refractivity contribution is 6.30. The molecule has 1 fully saturated rings. The molecule has 0 unspecified atom stereocenters. The van der Waals surface area contributed by atoms with Gasteiger partial charge in [0, 0.05) is 24.0 Å². The zero-order valence-corrected chi connectivity index (χ0v) is 12.5. The molecule has 2 rings (SSSR count). The van der Waals surface area contributed by atoms with Crippen LogP contribution in [0.1, 0.15) is 32.3 Å². The van der Waals surface area contributed by atoms with E-state index in [0.29, 0.717) is 24.4 Å². The lowest BCUT2D eigenvalue weighted by atomic mass is 10.1. The summed E-state index contributed by atoms with van der Waals surface area (Å²) >= 11 is 5.85. The molecule has 2 amide bonds. The second-order valence-corrected chi connectivity index (χ2v) is 5.80. The zero-order valence-electron chi connectivity index (χ0n) is 11.7. The van der Waals surface area contributed by atoms with Crippen molar-refractivity contribution in [2.75, 3.05) is 0 Å². The lowest BCUT2D eigenvalue weighted by Gasteiger charge is -2.25. The van der Waals surface area contributed by atoms with E-state index in [4.69, 9.17) is 11.6 Å². The normalized spacial score (nSPS) is 18.7. The van der Waals surface area contributed by atoms with E-state index in [1.165, 1.54) is 0 Å². The van der Waals surface area contributed by atoms with Crippen LogP contribution < -0.4 is 5.32 Å². The van der Waals surface area contributed by atoms with Gasteiger partial charge in [-0.15, -0.1) is 0 Å². The van der Waals surface area contributed by atoms with E-state index in [9.17, 15) is 9.59 Å². The highest BCUT2D eigenvalue weighted by Gasteiger charge is 2.35. The van der Waals surface area contributed by atoms with E-state index in [1.807, 2.05) is 26.0 Å². The second kappa shape index (κ2) is 6.27. The molecule has 1 aliphatic rings. The van der Waals surface area contributed by atoms with Crippen LogP contribution in [0.5, 0.6) is 0 Å². The molecule has 0 aromatic heterocycles. The molecule has 1 aromatic carbocycles. The zero-order chi connectivity index (χ0) is 14.7. The molecule has 0 saturated carbocycles. The van der Waals surface area contributed by atoms with Gasteiger partial charge >= 0.3 is 0 Å². The topological polar surface area (TPSA) is 49.4 Å². The predicted molar refractivity (Wildman–Crippen MR) is 78.3 cm³/mol. The number of carbonyl (C=O) groups is 2. The molecule has 0 spiro atoms. The van der Waals surface area contributed by atoms with Crippen LogP contribution in [0.4, 0.5) is 0 Å². The van der Waals surface area contributed by atoms with Gasteiger partial charge in [0.25, 0.3) is 0 Å². The molecule has 1 saturated heterocycles. The third kappa shape index (κ3) is 3.51. The van der Waals surface area contributed by atoms with Gasteiger partial charge in [-0.2, -0.15) is 0 Å². The summed E-state index contributed by atoms with van der Waals surface area (Å²) in [5.41, 5.74) is 0.979. The van der Waals surface area contributed by atoms with E-state index >= 15 is 0 Å². The number of nitrogens with one attached hydrogen (secondary N) is 1. The van der Waals surface area contributed by atoms with Gasteiger partial charge in [0.15, 0.2) is 0 Å². The second-order valence-electron chi connectivity index (χ2n) is 5.37. The SMILES string of the molecule is CC(C)NC(=O)[C@@H]1CCC(=O)N1Cc1ccc(Cl)cc1. The number of carbonyl (C=O) groups excluding carboxylic acids is 2. The van der Waals surface area contributed by atoms with Gasteiger partial charge in [-0.3, -0.25) is 9.59 Å². The van der Waals surface area contributed by atoms with Gasteiger partial charge in [0.1, 0.15) is 6.04 Å². The molecule has 5 heteroatoms. The number of benzene rings is 1. The van der Waals surface area contributed by atoms with Crippen molar-refractivity contribution in [2.24, 2.45) is 0 Å². The van der Waals surface area contributed by atoms with Crippen molar-refractivity contribution in [2.45, 2.75) is 45.3 Å². The highest BCUT2D eigenvalue weighted by Crippen LogP contribution is 2.22. The third-order valence-electron chi connectivity index (χ3n) is 3.33. The van der Waals surface area contributed by atoms with Crippen molar-refractivity contribution < 1.29 is 9.59 Å². The molecule has 1 aromatic rings. The van der Waals surface area contributed by atoms with E-state index in [2.05, 4.69) is 5.32 Å². The maximum absolute atomic E-state index is 12.1. The Labute approximate surface area is 124 Å². The Morgan fingerprint density at radius 3 is 2.65 bits per heavy atom. The maximum atomic E-state index is 12.1. The summed E-state index contributed by atoms with van der Waals surface area (Å²) in [6.45, 7) is 4.28. The lowest BCUT2D eigenvalue weighted by molar-refractivity contribution is -0.136. The molecule has 0 aliphatic carbocycles. The largest absolute Gasteiger partial charge is 0.352 e. The average Bonchev–Trinajstić information content (AvgIpc) is 2.73. The monoisotopic (exact) mass is 294 g/mol. The predicted octanol–water partition coefficient (Wildman–Crippen LogP) is 2.36. The third-order valence-corrected chi connectivity index (χ3v) is 3.58. The van der Waals surface area contributed by atoms with E-state index < -0.39 is 0 Å². The van der Waals surface area contributed by atoms with E-state index in [1.54, 1.807) is 17.0 Å². The van der Waals surface area contributed by atoms with Crippen molar-refractivity contribution in [3.05, 3.63) is 34.9 Å². The highest BCUT2D eigenvalue weighted by atomic mass is 35.5. The van der Waals surface area contributed by atoms with E-state index in [0.717, 1.165) is 5.56 Å². The Balaban J connectivity index is 2.08. The number of halogens is 1. The average molecular weight is 295 g/mol. The summed E-state index contributed by atoms with van der Waals surface area (Å²) in [7, 11) is 0. The maximum Gasteiger partial charge on any atom is 0.243 e. The Bertz CT molecular complexity index is 499. The molecular formula is C15H19ClN2O2. The summed E-state index contributed by atoms with van der Waals surface area (Å²) in [4.78, 5) is 25.7. The summed E-state index contributed by atoms with van der Waals surface area (Å²) in [6, 6.07) is 7.06. The number of likely N-dealkylation sites (tertiary alicyclic amines) is 1. The van der Waals surface area contributed by atoms with Crippen LogP contribution in [0.2, 0.25) is 5.02 Å². The van der Waals surface area contributed by atoms with Gasteiger partial charge < -0.3 is 10.2 Å². The summed E-state index contributed by atoms with van der Waals surface area (Å²) in [5.74, 6) is -0.0383. The van der Waals surface area contributed by atoms with Gasteiger partial charge in [-0.1, -0.05) is 23.7 Å². The Morgan fingerprint density at radius 1 is 1.40 bits per heavy atom. The molecule has 108 valence electrons. The Hall–Kier alpha value is -1.55. The fraction of sp³-hybridized carbons (Fsp3) is 0.467. The van der Waals surface area contributed by atoms with Crippen molar-refractivity contribution >= 4 is 23.4 Å². The number of hydrogen-bond acceptors (Lipinski definition) is 2. The van der Waals surface area contributed by atoms with Crippen LogP contribution in [0, 0.1) is 0 Å².